The highest BCUT2D eigenvalue weighted by Gasteiger charge is 2.26. The lowest BCUT2D eigenvalue weighted by atomic mass is 9.96. The molecule has 0 bridgehead atoms. The SMILES string of the molecule is CN(CC1CCCO1)C(=O)C1CCNCC1. The Labute approximate surface area is 97.3 Å². The third kappa shape index (κ3) is 2.95. The number of ether oxygens (including phenoxy) is 1. The first-order chi connectivity index (χ1) is 7.77. The first-order valence-corrected chi connectivity index (χ1v) is 6.34. The number of nitrogens with zero attached hydrogens (tertiary/aromatic N) is 1. The van der Waals surface area contributed by atoms with Crippen molar-refractivity contribution in [3.63, 3.8) is 0 Å². The van der Waals surface area contributed by atoms with E-state index in [0.29, 0.717) is 5.91 Å². The van der Waals surface area contributed by atoms with Crippen molar-refractivity contribution in [2.24, 2.45) is 5.92 Å². The minimum absolute atomic E-state index is 0.229. The summed E-state index contributed by atoms with van der Waals surface area (Å²) in [6, 6.07) is 0. The summed E-state index contributed by atoms with van der Waals surface area (Å²) in [4.78, 5) is 14.0. The van der Waals surface area contributed by atoms with Gasteiger partial charge in [-0.1, -0.05) is 0 Å². The van der Waals surface area contributed by atoms with Gasteiger partial charge < -0.3 is 15.0 Å². The lowest BCUT2D eigenvalue weighted by Crippen LogP contribution is -2.41. The molecule has 2 heterocycles. The van der Waals surface area contributed by atoms with Crippen LogP contribution in [-0.4, -0.2) is 50.2 Å². The van der Waals surface area contributed by atoms with E-state index in [-0.39, 0.29) is 12.0 Å². The lowest BCUT2D eigenvalue weighted by Gasteiger charge is -2.28. The fourth-order valence-electron chi connectivity index (χ4n) is 2.56. The maximum absolute atomic E-state index is 12.1. The third-order valence-electron chi connectivity index (χ3n) is 3.57. The van der Waals surface area contributed by atoms with Crippen LogP contribution in [0, 0.1) is 5.92 Å². The van der Waals surface area contributed by atoms with Crippen molar-refractivity contribution in [1.29, 1.82) is 0 Å². The van der Waals surface area contributed by atoms with Gasteiger partial charge in [0.1, 0.15) is 0 Å². The summed E-state index contributed by atoms with van der Waals surface area (Å²) in [6.07, 6.45) is 4.48. The summed E-state index contributed by atoms with van der Waals surface area (Å²) in [5, 5.41) is 3.29. The van der Waals surface area contributed by atoms with E-state index in [4.69, 9.17) is 4.74 Å². The van der Waals surface area contributed by atoms with Gasteiger partial charge in [-0.2, -0.15) is 0 Å². The monoisotopic (exact) mass is 226 g/mol. The molecule has 0 radical (unpaired) electrons. The zero-order valence-corrected chi connectivity index (χ0v) is 10.1. The van der Waals surface area contributed by atoms with Crippen LogP contribution in [0.4, 0.5) is 0 Å². The molecule has 1 amide bonds. The van der Waals surface area contributed by atoms with E-state index < -0.39 is 0 Å². The van der Waals surface area contributed by atoms with Crippen molar-refractivity contribution in [1.82, 2.24) is 10.2 Å². The molecule has 2 saturated heterocycles. The molecule has 0 aromatic carbocycles. The van der Waals surface area contributed by atoms with Gasteiger partial charge in [0, 0.05) is 26.1 Å². The van der Waals surface area contributed by atoms with Crippen LogP contribution in [0.1, 0.15) is 25.7 Å². The van der Waals surface area contributed by atoms with E-state index in [0.717, 1.165) is 51.9 Å². The van der Waals surface area contributed by atoms with Crippen LogP contribution >= 0.6 is 0 Å². The van der Waals surface area contributed by atoms with E-state index in [9.17, 15) is 4.79 Å². The van der Waals surface area contributed by atoms with Crippen LogP contribution in [0.15, 0.2) is 0 Å². The van der Waals surface area contributed by atoms with Crippen LogP contribution < -0.4 is 5.32 Å². The van der Waals surface area contributed by atoms with Crippen LogP contribution in [-0.2, 0) is 9.53 Å². The number of carbonyl (C=O) groups excluding carboxylic acids is 1. The molecule has 1 atom stereocenters. The Morgan fingerprint density at radius 3 is 2.75 bits per heavy atom. The minimum Gasteiger partial charge on any atom is -0.376 e. The summed E-state index contributed by atoms with van der Waals surface area (Å²) in [6.45, 7) is 3.58. The molecule has 1 N–H and O–H groups in total. The van der Waals surface area contributed by atoms with Gasteiger partial charge >= 0.3 is 0 Å². The number of hydrogen-bond acceptors (Lipinski definition) is 3. The Morgan fingerprint density at radius 1 is 1.38 bits per heavy atom. The molecule has 2 fully saturated rings. The average molecular weight is 226 g/mol. The molecule has 0 saturated carbocycles. The molecule has 0 aromatic rings. The molecule has 4 heteroatoms. The molecular formula is C12H22N2O2. The number of hydrogen-bond donors (Lipinski definition) is 1. The molecule has 92 valence electrons. The lowest BCUT2D eigenvalue weighted by molar-refractivity contribution is -0.136. The summed E-state index contributed by atoms with van der Waals surface area (Å²) in [5.41, 5.74) is 0. The molecule has 0 spiro atoms. The van der Waals surface area contributed by atoms with Crippen molar-refractivity contribution in [2.45, 2.75) is 31.8 Å². The van der Waals surface area contributed by atoms with Crippen molar-refractivity contribution in [2.75, 3.05) is 33.3 Å². The first-order valence-electron chi connectivity index (χ1n) is 6.34. The van der Waals surface area contributed by atoms with Crippen molar-refractivity contribution in [3.05, 3.63) is 0 Å². The van der Waals surface area contributed by atoms with Gasteiger partial charge in [-0.25, -0.2) is 0 Å². The zero-order valence-electron chi connectivity index (χ0n) is 10.1. The van der Waals surface area contributed by atoms with Gasteiger partial charge in [0.25, 0.3) is 0 Å². The predicted octanol–water partition coefficient (Wildman–Crippen LogP) is 0.623. The highest BCUT2D eigenvalue weighted by Crippen LogP contribution is 2.17. The van der Waals surface area contributed by atoms with Gasteiger partial charge in [-0.05, 0) is 38.8 Å². The molecule has 16 heavy (non-hydrogen) atoms. The van der Waals surface area contributed by atoms with Crippen molar-refractivity contribution < 1.29 is 9.53 Å². The Kier molecular flexibility index (Phi) is 4.18. The number of piperidine rings is 1. The van der Waals surface area contributed by atoms with E-state index in [1.54, 1.807) is 0 Å². The fourth-order valence-corrected chi connectivity index (χ4v) is 2.56. The van der Waals surface area contributed by atoms with E-state index in [2.05, 4.69) is 5.32 Å². The van der Waals surface area contributed by atoms with Gasteiger partial charge in [-0.3, -0.25) is 4.79 Å². The molecule has 2 rings (SSSR count). The molecule has 0 aliphatic carbocycles. The maximum atomic E-state index is 12.1. The maximum Gasteiger partial charge on any atom is 0.225 e. The smallest absolute Gasteiger partial charge is 0.225 e. The van der Waals surface area contributed by atoms with Crippen molar-refractivity contribution in [3.8, 4) is 0 Å². The van der Waals surface area contributed by atoms with Gasteiger partial charge in [0.15, 0.2) is 0 Å². The van der Waals surface area contributed by atoms with Crippen LogP contribution in [0.3, 0.4) is 0 Å². The number of amides is 1. The zero-order chi connectivity index (χ0) is 11.4. The first kappa shape index (κ1) is 11.9. The normalized spacial score (nSPS) is 26.9. The number of nitrogens with one attached hydrogen (secondary N) is 1. The number of likely N-dealkylation sites (N-methyl/N-ethyl adjacent to an activating group) is 1. The summed E-state index contributed by atoms with van der Waals surface area (Å²) >= 11 is 0. The van der Waals surface area contributed by atoms with Gasteiger partial charge in [-0.15, -0.1) is 0 Å². The Hall–Kier alpha value is -0.610. The van der Waals surface area contributed by atoms with Gasteiger partial charge in [0.2, 0.25) is 5.91 Å². The molecule has 1 unspecified atom stereocenters. The van der Waals surface area contributed by atoms with Crippen LogP contribution in [0.2, 0.25) is 0 Å². The molecule has 2 aliphatic rings. The standard InChI is InChI=1S/C12H22N2O2/c1-14(9-11-3-2-8-16-11)12(15)10-4-6-13-7-5-10/h10-11,13H,2-9H2,1H3. The molecule has 2 aliphatic heterocycles. The van der Waals surface area contributed by atoms with E-state index >= 15 is 0 Å². The Morgan fingerprint density at radius 2 is 2.12 bits per heavy atom. The summed E-state index contributed by atoms with van der Waals surface area (Å²) in [7, 11) is 1.91. The summed E-state index contributed by atoms with van der Waals surface area (Å²) in [5.74, 6) is 0.532. The average Bonchev–Trinajstić information content (AvgIpc) is 2.82. The fraction of sp³-hybridized carbons (Fsp3) is 0.917. The molecular weight excluding hydrogens is 204 g/mol. The predicted molar refractivity (Wildman–Crippen MR) is 62.2 cm³/mol. The highest BCUT2D eigenvalue weighted by atomic mass is 16.5. The second-order valence-electron chi connectivity index (χ2n) is 4.88. The Bertz CT molecular complexity index is 233. The largest absolute Gasteiger partial charge is 0.376 e. The number of rotatable bonds is 3. The summed E-state index contributed by atoms with van der Waals surface area (Å²) < 4.78 is 5.55. The number of carbonyl (C=O) groups is 1. The van der Waals surface area contributed by atoms with Crippen molar-refractivity contribution >= 4 is 5.91 Å². The van der Waals surface area contributed by atoms with Gasteiger partial charge in [0.05, 0.1) is 6.10 Å². The second kappa shape index (κ2) is 5.64. The van der Waals surface area contributed by atoms with E-state index in [1.807, 2.05) is 11.9 Å². The van der Waals surface area contributed by atoms with Crippen LogP contribution in [0.25, 0.3) is 0 Å². The quantitative estimate of drug-likeness (QED) is 0.767. The second-order valence-corrected chi connectivity index (χ2v) is 4.88. The molecule has 0 aromatic heterocycles. The minimum atomic E-state index is 0.229. The molecule has 4 nitrogen and oxygen atoms in total. The van der Waals surface area contributed by atoms with Crippen LogP contribution in [0.5, 0.6) is 0 Å². The topological polar surface area (TPSA) is 41.6 Å². The van der Waals surface area contributed by atoms with E-state index in [1.165, 1.54) is 0 Å². The third-order valence-corrected chi connectivity index (χ3v) is 3.57. The Balaban J connectivity index is 1.78. The highest BCUT2D eigenvalue weighted by molar-refractivity contribution is 5.78.